The van der Waals surface area contributed by atoms with Crippen LogP contribution in [-0.2, 0) is 11.3 Å². The molecular weight excluding hydrogens is 179 g/mol. The third-order valence-electron chi connectivity index (χ3n) is 2.58. The first-order valence-electron chi connectivity index (χ1n) is 4.88. The number of fused-ring (bicyclic) bond motifs is 1. The minimum absolute atomic E-state index is 0.0215. The molecule has 1 aliphatic heterocycles. The van der Waals surface area contributed by atoms with Crippen molar-refractivity contribution < 1.29 is 9.13 Å². The van der Waals surface area contributed by atoms with Crippen LogP contribution in [-0.4, -0.2) is 0 Å². The van der Waals surface area contributed by atoms with E-state index >= 15 is 0 Å². The van der Waals surface area contributed by atoms with Gasteiger partial charge in [0.1, 0.15) is 5.82 Å². The van der Waals surface area contributed by atoms with Gasteiger partial charge in [0.25, 0.3) is 0 Å². The molecule has 1 atom stereocenters. The molecule has 0 bridgehead atoms. The minimum atomic E-state index is -0.177. The van der Waals surface area contributed by atoms with Crippen LogP contribution < -0.4 is 0 Å². The van der Waals surface area contributed by atoms with Crippen molar-refractivity contribution in [3.63, 3.8) is 0 Å². The molecule has 1 aromatic rings. The lowest BCUT2D eigenvalue weighted by Crippen LogP contribution is -2.17. The third-order valence-corrected chi connectivity index (χ3v) is 2.58. The summed E-state index contributed by atoms with van der Waals surface area (Å²) in [7, 11) is 0. The molecule has 1 aliphatic rings. The fourth-order valence-corrected chi connectivity index (χ4v) is 1.92. The lowest BCUT2D eigenvalue weighted by Gasteiger charge is -2.26. The zero-order chi connectivity index (χ0) is 10.3. The molecule has 0 N–H and O–H groups in total. The van der Waals surface area contributed by atoms with Gasteiger partial charge in [-0.2, -0.15) is 0 Å². The van der Waals surface area contributed by atoms with Gasteiger partial charge >= 0.3 is 0 Å². The summed E-state index contributed by atoms with van der Waals surface area (Å²) >= 11 is 0. The van der Waals surface area contributed by atoms with Crippen molar-refractivity contribution in [2.45, 2.75) is 33.5 Å². The summed E-state index contributed by atoms with van der Waals surface area (Å²) in [6, 6.07) is 4.90. The highest BCUT2D eigenvalue weighted by Crippen LogP contribution is 2.42. The molecule has 1 aromatic carbocycles. The fourth-order valence-electron chi connectivity index (χ4n) is 1.92. The highest BCUT2D eigenvalue weighted by atomic mass is 19.1. The number of ether oxygens (including phenoxy) is 1. The van der Waals surface area contributed by atoms with Gasteiger partial charge in [0, 0.05) is 0 Å². The molecule has 0 aromatic heterocycles. The van der Waals surface area contributed by atoms with Crippen molar-refractivity contribution >= 4 is 0 Å². The van der Waals surface area contributed by atoms with Crippen molar-refractivity contribution in [1.29, 1.82) is 0 Å². The molecule has 1 unspecified atom stereocenters. The topological polar surface area (TPSA) is 9.23 Å². The van der Waals surface area contributed by atoms with Crippen LogP contribution >= 0.6 is 0 Å². The quantitative estimate of drug-likeness (QED) is 0.614. The van der Waals surface area contributed by atoms with E-state index in [0.29, 0.717) is 6.61 Å². The Hall–Kier alpha value is -0.890. The summed E-state index contributed by atoms with van der Waals surface area (Å²) in [5.74, 6) is -0.177. The zero-order valence-electron chi connectivity index (χ0n) is 8.80. The first-order valence-corrected chi connectivity index (χ1v) is 4.88. The van der Waals surface area contributed by atoms with Crippen LogP contribution in [0.5, 0.6) is 0 Å². The van der Waals surface area contributed by atoms with Crippen LogP contribution in [0, 0.1) is 11.2 Å². The van der Waals surface area contributed by atoms with Crippen LogP contribution in [0.1, 0.15) is 38.0 Å². The Morgan fingerprint density at radius 3 is 2.71 bits per heavy atom. The van der Waals surface area contributed by atoms with E-state index < -0.39 is 0 Å². The standard InChI is InChI=1S/C12H15FO/c1-12(2,3)11-10-6-9(13)5-4-8(10)7-14-11/h4-6,11H,7H2,1-3H3. The van der Waals surface area contributed by atoms with Gasteiger partial charge in [-0.3, -0.25) is 0 Å². The number of benzene rings is 1. The molecule has 1 heterocycles. The molecule has 0 spiro atoms. The summed E-state index contributed by atoms with van der Waals surface area (Å²) in [6.45, 7) is 6.94. The van der Waals surface area contributed by atoms with Crippen LogP contribution in [0.15, 0.2) is 18.2 Å². The maximum absolute atomic E-state index is 13.1. The molecule has 0 saturated heterocycles. The van der Waals surface area contributed by atoms with Crippen molar-refractivity contribution in [1.82, 2.24) is 0 Å². The molecule has 14 heavy (non-hydrogen) atoms. The van der Waals surface area contributed by atoms with Gasteiger partial charge in [-0.05, 0) is 28.7 Å². The molecule has 76 valence electrons. The van der Waals surface area contributed by atoms with E-state index in [-0.39, 0.29) is 17.3 Å². The second-order valence-electron chi connectivity index (χ2n) is 4.90. The predicted octanol–water partition coefficient (Wildman–Crippen LogP) is 3.44. The smallest absolute Gasteiger partial charge is 0.123 e. The van der Waals surface area contributed by atoms with E-state index in [2.05, 4.69) is 20.8 Å². The summed E-state index contributed by atoms with van der Waals surface area (Å²) < 4.78 is 18.7. The molecule has 0 saturated carbocycles. The first-order chi connectivity index (χ1) is 6.48. The van der Waals surface area contributed by atoms with Gasteiger partial charge < -0.3 is 4.74 Å². The van der Waals surface area contributed by atoms with E-state index in [0.717, 1.165) is 11.1 Å². The molecule has 0 radical (unpaired) electrons. The molecule has 1 nitrogen and oxygen atoms in total. The van der Waals surface area contributed by atoms with Crippen molar-refractivity contribution in [3.05, 3.63) is 35.1 Å². The highest BCUT2D eigenvalue weighted by molar-refractivity contribution is 5.33. The molecular formula is C12H15FO. The molecule has 0 amide bonds. The minimum Gasteiger partial charge on any atom is -0.368 e. The number of rotatable bonds is 0. The van der Waals surface area contributed by atoms with Crippen LogP contribution in [0.2, 0.25) is 0 Å². The number of halogens is 1. The van der Waals surface area contributed by atoms with Gasteiger partial charge in [-0.15, -0.1) is 0 Å². The summed E-state index contributed by atoms with van der Waals surface area (Å²) in [5.41, 5.74) is 2.16. The SMILES string of the molecule is CC(C)(C)C1OCc2ccc(F)cc21. The first kappa shape index (κ1) is 9.66. The zero-order valence-corrected chi connectivity index (χ0v) is 8.80. The summed E-state index contributed by atoms with van der Waals surface area (Å²) in [6.07, 6.45) is 0.0215. The Kier molecular flexibility index (Phi) is 2.11. The van der Waals surface area contributed by atoms with Crippen LogP contribution in [0.25, 0.3) is 0 Å². The van der Waals surface area contributed by atoms with Crippen molar-refractivity contribution in [3.8, 4) is 0 Å². The van der Waals surface area contributed by atoms with Crippen molar-refractivity contribution in [2.24, 2.45) is 5.41 Å². The van der Waals surface area contributed by atoms with E-state index in [9.17, 15) is 4.39 Å². The monoisotopic (exact) mass is 194 g/mol. The molecule has 2 heteroatoms. The maximum atomic E-state index is 13.1. The second kappa shape index (κ2) is 3.06. The van der Waals surface area contributed by atoms with E-state index in [4.69, 9.17) is 4.74 Å². The molecule has 2 rings (SSSR count). The second-order valence-corrected chi connectivity index (χ2v) is 4.90. The van der Waals surface area contributed by atoms with Gasteiger partial charge in [-0.1, -0.05) is 26.8 Å². The molecule has 0 fully saturated rings. The third kappa shape index (κ3) is 1.55. The van der Waals surface area contributed by atoms with Gasteiger partial charge in [-0.25, -0.2) is 4.39 Å². The Bertz CT molecular complexity index is 352. The Morgan fingerprint density at radius 1 is 1.36 bits per heavy atom. The lowest BCUT2D eigenvalue weighted by atomic mass is 9.84. The summed E-state index contributed by atoms with van der Waals surface area (Å²) in [4.78, 5) is 0. The average molecular weight is 194 g/mol. The van der Waals surface area contributed by atoms with Gasteiger partial charge in [0.15, 0.2) is 0 Å². The Morgan fingerprint density at radius 2 is 2.07 bits per heavy atom. The number of hydrogen-bond donors (Lipinski definition) is 0. The van der Waals surface area contributed by atoms with E-state index in [1.165, 1.54) is 6.07 Å². The summed E-state index contributed by atoms with van der Waals surface area (Å²) in [5, 5.41) is 0. The fraction of sp³-hybridized carbons (Fsp3) is 0.500. The van der Waals surface area contributed by atoms with Crippen LogP contribution in [0.4, 0.5) is 4.39 Å². The Labute approximate surface area is 83.9 Å². The lowest BCUT2D eigenvalue weighted by molar-refractivity contribution is -0.00797. The number of hydrogen-bond acceptors (Lipinski definition) is 1. The van der Waals surface area contributed by atoms with Gasteiger partial charge in [0.2, 0.25) is 0 Å². The van der Waals surface area contributed by atoms with E-state index in [1.54, 1.807) is 6.07 Å². The van der Waals surface area contributed by atoms with E-state index in [1.807, 2.05) is 6.07 Å². The van der Waals surface area contributed by atoms with Crippen molar-refractivity contribution in [2.75, 3.05) is 0 Å². The van der Waals surface area contributed by atoms with Gasteiger partial charge in [0.05, 0.1) is 12.7 Å². The Balaban J connectivity index is 2.43. The largest absolute Gasteiger partial charge is 0.368 e. The predicted molar refractivity (Wildman–Crippen MR) is 53.4 cm³/mol. The molecule has 0 aliphatic carbocycles. The average Bonchev–Trinajstić information content (AvgIpc) is 2.45. The maximum Gasteiger partial charge on any atom is 0.123 e. The highest BCUT2D eigenvalue weighted by Gasteiger charge is 2.33. The normalized spacial score (nSPS) is 21.0. The van der Waals surface area contributed by atoms with Crippen LogP contribution in [0.3, 0.4) is 0 Å².